The number of nitrogens with zero attached hydrogens (tertiary/aromatic N) is 8. The van der Waals surface area contributed by atoms with E-state index in [4.69, 9.17) is 0 Å². The van der Waals surface area contributed by atoms with E-state index in [0.29, 0.717) is 0 Å². The summed E-state index contributed by atoms with van der Waals surface area (Å²) >= 11 is 0. The lowest BCUT2D eigenvalue weighted by atomic mass is 10.1. The second-order valence-corrected chi connectivity index (χ2v) is 6.96. The molecule has 5 heterocycles. The molecule has 5 rings (SSSR count). The molecule has 3 aromatic heterocycles. The van der Waals surface area contributed by atoms with E-state index < -0.39 is 0 Å². The number of anilines is 2. The highest BCUT2D eigenvalue weighted by Crippen LogP contribution is 2.34. The van der Waals surface area contributed by atoms with Crippen molar-refractivity contribution >= 4 is 22.8 Å². The summed E-state index contributed by atoms with van der Waals surface area (Å²) in [6.07, 6.45) is 8.35. The lowest BCUT2D eigenvalue weighted by Gasteiger charge is -2.35. The van der Waals surface area contributed by atoms with Crippen molar-refractivity contribution < 1.29 is 0 Å². The van der Waals surface area contributed by atoms with E-state index in [2.05, 4.69) is 40.4 Å². The van der Waals surface area contributed by atoms with E-state index in [9.17, 15) is 5.26 Å². The Kier molecular flexibility index (Phi) is 3.85. The van der Waals surface area contributed by atoms with Gasteiger partial charge in [-0.25, -0.2) is 19.9 Å². The van der Waals surface area contributed by atoms with Gasteiger partial charge in [-0.2, -0.15) is 5.26 Å². The Morgan fingerprint density at radius 1 is 0.889 bits per heavy atom. The van der Waals surface area contributed by atoms with Crippen molar-refractivity contribution in [1.29, 1.82) is 5.26 Å². The van der Waals surface area contributed by atoms with Gasteiger partial charge in [0, 0.05) is 50.8 Å². The molecule has 0 aromatic carbocycles. The maximum atomic E-state index is 9.68. The number of piperazine rings is 1. The van der Waals surface area contributed by atoms with E-state index in [1.807, 2.05) is 6.07 Å². The number of aromatic nitrogens is 5. The Morgan fingerprint density at radius 2 is 1.67 bits per heavy atom. The second-order valence-electron chi connectivity index (χ2n) is 6.96. The largest absolute Gasteiger partial charge is 0.351 e. The quantitative estimate of drug-likeness (QED) is 0.688. The fourth-order valence-electron chi connectivity index (χ4n) is 4.20. The summed E-state index contributed by atoms with van der Waals surface area (Å²) in [5.41, 5.74) is 3.67. The SMILES string of the molecule is N#Cc1c2n(c3c(N4CCN(c5ncccn5)CC4)ncnc13)CCCC2. The normalized spacial score (nSPS) is 17.0. The number of fused-ring (bicyclic) bond motifs is 3. The molecule has 0 spiro atoms. The highest BCUT2D eigenvalue weighted by molar-refractivity contribution is 5.92. The number of hydrogen-bond donors (Lipinski definition) is 0. The number of hydrogen-bond acceptors (Lipinski definition) is 7. The zero-order valence-electron chi connectivity index (χ0n) is 15.0. The van der Waals surface area contributed by atoms with E-state index >= 15 is 0 Å². The van der Waals surface area contributed by atoms with Gasteiger partial charge in [0.05, 0.1) is 5.56 Å². The van der Waals surface area contributed by atoms with Gasteiger partial charge in [-0.1, -0.05) is 0 Å². The van der Waals surface area contributed by atoms with Crippen molar-refractivity contribution in [2.24, 2.45) is 0 Å². The van der Waals surface area contributed by atoms with Crippen molar-refractivity contribution in [2.75, 3.05) is 36.0 Å². The molecule has 2 aliphatic rings. The number of aryl methyl sites for hydroxylation is 1. The molecule has 0 N–H and O–H groups in total. The maximum Gasteiger partial charge on any atom is 0.225 e. The van der Waals surface area contributed by atoms with Crippen molar-refractivity contribution in [3.63, 3.8) is 0 Å². The Hall–Kier alpha value is -3.21. The first-order valence-corrected chi connectivity index (χ1v) is 9.40. The lowest BCUT2D eigenvalue weighted by molar-refractivity contribution is 0.542. The molecule has 8 heteroatoms. The molecular formula is C19H20N8. The van der Waals surface area contributed by atoms with Crippen LogP contribution in [0.2, 0.25) is 0 Å². The minimum Gasteiger partial charge on any atom is -0.351 e. The van der Waals surface area contributed by atoms with Crippen LogP contribution in [-0.2, 0) is 13.0 Å². The van der Waals surface area contributed by atoms with Gasteiger partial charge in [0.2, 0.25) is 5.95 Å². The third-order valence-electron chi connectivity index (χ3n) is 5.50. The smallest absolute Gasteiger partial charge is 0.225 e. The minimum absolute atomic E-state index is 0.727. The summed E-state index contributed by atoms with van der Waals surface area (Å²) in [4.78, 5) is 22.3. The highest BCUT2D eigenvalue weighted by atomic mass is 15.3. The summed E-state index contributed by atoms with van der Waals surface area (Å²) in [5.74, 6) is 1.72. The molecule has 3 aromatic rings. The van der Waals surface area contributed by atoms with Gasteiger partial charge in [-0.05, 0) is 25.3 Å². The van der Waals surface area contributed by atoms with Crippen LogP contribution in [-0.4, -0.2) is 50.7 Å². The van der Waals surface area contributed by atoms with E-state index in [-0.39, 0.29) is 0 Å². The van der Waals surface area contributed by atoms with Gasteiger partial charge in [-0.15, -0.1) is 0 Å². The Bertz CT molecular complexity index is 1010. The molecule has 8 nitrogen and oxygen atoms in total. The Morgan fingerprint density at radius 3 is 2.44 bits per heavy atom. The molecule has 2 aliphatic heterocycles. The van der Waals surface area contributed by atoms with Gasteiger partial charge in [0.15, 0.2) is 5.82 Å². The lowest BCUT2D eigenvalue weighted by Crippen LogP contribution is -2.47. The molecule has 0 radical (unpaired) electrons. The summed E-state index contributed by atoms with van der Waals surface area (Å²) in [6, 6.07) is 4.22. The maximum absolute atomic E-state index is 9.68. The minimum atomic E-state index is 0.727. The highest BCUT2D eigenvalue weighted by Gasteiger charge is 2.27. The summed E-state index contributed by atoms with van der Waals surface area (Å²) in [5, 5.41) is 9.68. The van der Waals surface area contributed by atoms with Crippen LogP contribution in [0, 0.1) is 11.3 Å². The average Bonchev–Trinajstić information content (AvgIpc) is 3.08. The monoisotopic (exact) mass is 360 g/mol. The molecule has 0 unspecified atom stereocenters. The van der Waals surface area contributed by atoms with Crippen LogP contribution in [0.15, 0.2) is 24.8 Å². The van der Waals surface area contributed by atoms with Crippen molar-refractivity contribution in [3.8, 4) is 6.07 Å². The molecule has 0 amide bonds. The first kappa shape index (κ1) is 16.0. The van der Waals surface area contributed by atoms with Crippen LogP contribution in [0.5, 0.6) is 0 Å². The Balaban J connectivity index is 1.50. The third kappa shape index (κ3) is 2.58. The fourth-order valence-corrected chi connectivity index (χ4v) is 4.20. The van der Waals surface area contributed by atoms with E-state index in [1.54, 1.807) is 18.7 Å². The van der Waals surface area contributed by atoms with Crippen molar-refractivity contribution in [1.82, 2.24) is 24.5 Å². The number of nitriles is 1. The van der Waals surface area contributed by atoms with Gasteiger partial charge >= 0.3 is 0 Å². The van der Waals surface area contributed by atoms with Crippen LogP contribution in [0.1, 0.15) is 24.1 Å². The molecule has 0 saturated carbocycles. The number of rotatable bonds is 2. The van der Waals surface area contributed by atoms with Crippen LogP contribution in [0.4, 0.5) is 11.8 Å². The first-order chi connectivity index (χ1) is 13.4. The molecule has 1 fully saturated rings. The molecule has 136 valence electrons. The van der Waals surface area contributed by atoms with Crippen LogP contribution in [0.25, 0.3) is 11.0 Å². The van der Waals surface area contributed by atoms with Crippen LogP contribution in [0.3, 0.4) is 0 Å². The topological polar surface area (TPSA) is 86.8 Å². The fraction of sp³-hybridized carbons (Fsp3) is 0.421. The molecule has 0 bridgehead atoms. The zero-order valence-corrected chi connectivity index (χ0v) is 15.0. The average molecular weight is 360 g/mol. The standard InChI is InChI=1S/C19H20N8/c20-12-14-15-4-1-2-7-27(15)17-16(14)23-13-24-18(17)25-8-10-26(11-9-25)19-21-5-3-6-22-19/h3,5-6,13H,1-2,4,7-11H2. The first-order valence-electron chi connectivity index (χ1n) is 9.40. The Labute approximate surface area is 157 Å². The van der Waals surface area contributed by atoms with E-state index in [1.165, 1.54) is 0 Å². The van der Waals surface area contributed by atoms with Crippen LogP contribution >= 0.6 is 0 Å². The van der Waals surface area contributed by atoms with E-state index in [0.717, 1.165) is 86.0 Å². The predicted molar refractivity (Wildman–Crippen MR) is 102 cm³/mol. The molecule has 0 atom stereocenters. The van der Waals surface area contributed by atoms with Crippen molar-refractivity contribution in [3.05, 3.63) is 36.0 Å². The second kappa shape index (κ2) is 6.50. The van der Waals surface area contributed by atoms with Gasteiger partial charge in [0.1, 0.15) is 23.4 Å². The zero-order chi connectivity index (χ0) is 18.2. The summed E-state index contributed by atoms with van der Waals surface area (Å²) in [6.45, 7) is 4.30. The summed E-state index contributed by atoms with van der Waals surface area (Å²) in [7, 11) is 0. The van der Waals surface area contributed by atoms with Crippen LogP contribution < -0.4 is 9.80 Å². The van der Waals surface area contributed by atoms with Gasteiger partial charge in [-0.3, -0.25) is 0 Å². The third-order valence-corrected chi connectivity index (χ3v) is 5.50. The van der Waals surface area contributed by atoms with Gasteiger partial charge in [0.25, 0.3) is 0 Å². The molecule has 1 saturated heterocycles. The summed E-state index contributed by atoms with van der Waals surface area (Å²) < 4.78 is 2.28. The molecular weight excluding hydrogens is 340 g/mol. The van der Waals surface area contributed by atoms with Crippen molar-refractivity contribution in [2.45, 2.75) is 25.8 Å². The predicted octanol–water partition coefficient (Wildman–Crippen LogP) is 1.76. The molecule has 0 aliphatic carbocycles. The molecule has 27 heavy (non-hydrogen) atoms. The van der Waals surface area contributed by atoms with Gasteiger partial charge < -0.3 is 14.4 Å².